The Balaban J connectivity index is 1.48. The van der Waals surface area contributed by atoms with Gasteiger partial charge >= 0.3 is 11.9 Å². The average molecular weight is 701 g/mol. The fourth-order valence-electron chi connectivity index (χ4n) is 5.78. The first-order chi connectivity index (χ1) is 23.9. The molecule has 0 amide bonds. The van der Waals surface area contributed by atoms with E-state index in [1.165, 1.54) is 43.3 Å². The summed E-state index contributed by atoms with van der Waals surface area (Å²) in [6, 6.07) is 8.91. The van der Waals surface area contributed by atoms with Crippen molar-refractivity contribution in [3.05, 3.63) is 115 Å². The zero-order valence-electron chi connectivity index (χ0n) is 27.9. The molecule has 2 atom stereocenters. The van der Waals surface area contributed by atoms with Crippen LogP contribution in [-0.4, -0.2) is 49.6 Å². The number of ether oxygens (including phenoxy) is 1. The van der Waals surface area contributed by atoms with Gasteiger partial charge in [-0.3, -0.25) is 9.59 Å². The van der Waals surface area contributed by atoms with Crippen molar-refractivity contribution < 1.29 is 44.0 Å². The lowest BCUT2D eigenvalue weighted by Crippen LogP contribution is -2.45. The predicted octanol–water partition coefficient (Wildman–Crippen LogP) is 5.80. The van der Waals surface area contributed by atoms with Crippen molar-refractivity contribution in [1.82, 2.24) is 0 Å². The molecule has 0 aliphatic heterocycles. The summed E-state index contributed by atoms with van der Waals surface area (Å²) in [5.41, 5.74) is 0.174. The second kappa shape index (κ2) is 17.5. The maximum absolute atomic E-state index is 13.7. The number of carbonyl (C=O) groups is 3. The van der Waals surface area contributed by atoms with Crippen LogP contribution < -0.4 is 20.8 Å². The average Bonchev–Trinajstić information content (AvgIpc) is 3.08. The number of phenols is 1. The number of hydrogen-bond acceptors (Lipinski definition) is 9. The molecule has 262 valence electrons. The molecule has 50 heavy (non-hydrogen) atoms. The van der Waals surface area contributed by atoms with Crippen LogP contribution >= 0.6 is 12.2 Å². The molecule has 0 unspecified atom stereocenters. The van der Waals surface area contributed by atoms with E-state index in [4.69, 9.17) is 21.4 Å². The third-order valence-electron chi connectivity index (χ3n) is 8.31. The molecule has 4 N–H and O–H groups in total. The van der Waals surface area contributed by atoms with Crippen LogP contribution in [0.1, 0.15) is 112 Å². The number of carboxylic acid groups (broad SMARTS) is 2. The summed E-state index contributed by atoms with van der Waals surface area (Å²) in [6.07, 6.45) is 13.1. The lowest BCUT2D eigenvalue weighted by Gasteiger charge is -2.22. The smallest absolute Gasteiger partial charge is 0.372 e. The van der Waals surface area contributed by atoms with Crippen LogP contribution in [0.2, 0.25) is 0 Å². The number of Topliss-reactive ketones (excluding diaryl/α,β-unsaturated/α-hetero) is 1. The second-order valence-corrected chi connectivity index (χ2v) is 12.5. The van der Waals surface area contributed by atoms with Crippen molar-refractivity contribution in [1.29, 1.82) is 0 Å². The van der Waals surface area contributed by atoms with Gasteiger partial charge in [-0.25, -0.2) is 9.59 Å². The molecule has 0 fully saturated rings. The first-order valence-electron chi connectivity index (χ1n) is 16.4. The first kappa shape index (κ1) is 37.7. The molecular weight excluding hydrogens is 660 g/mol. The Labute approximate surface area is 294 Å². The van der Waals surface area contributed by atoms with Crippen LogP contribution in [0, 0.1) is 0 Å². The number of fused-ring (bicyclic) bond motifs is 1. The standard InChI is InChI=1S/C39H40O10S/c1-3-12-28-31(19-18-27(23(2)40)35(28)42)48-20-10-8-6-4-5-7-9-15-30(34(41)24-13-11-14-25(21-24)38(44)45)33-36(43)29-17-16-26(50)22-32(29)49-37(33)39(46)47/h5,7,9,11,13-15,17-19,21-22,30,34,41-42H,3-4,6,8,10,12,16,20H2,1-2H3,(H,44,45)(H,46,47)/b7-5-,15-9+/t30-,34-/m0/s1. The molecule has 0 radical (unpaired) electrons. The normalized spacial score (nSPS) is 13.8. The summed E-state index contributed by atoms with van der Waals surface area (Å²) in [7, 11) is 0. The Bertz CT molecular complexity index is 2020. The van der Waals surface area contributed by atoms with Gasteiger partial charge < -0.3 is 29.6 Å². The maximum atomic E-state index is 13.7. The fraction of sp³-hybridized carbons (Fsp3) is 0.308. The van der Waals surface area contributed by atoms with Gasteiger partial charge in [0.1, 0.15) is 16.9 Å². The van der Waals surface area contributed by atoms with Crippen LogP contribution in [0.25, 0.3) is 12.2 Å². The Morgan fingerprint density at radius 3 is 2.54 bits per heavy atom. The lowest BCUT2D eigenvalue weighted by atomic mass is 9.86. The minimum absolute atomic E-state index is 0.0215. The number of benzene rings is 2. The number of allylic oxidation sites excluding steroid dienone is 3. The highest BCUT2D eigenvalue weighted by Crippen LogP contribution is 2.34. The molecule has 4 rings (SSSR count). The van der Waals surface area contributed by atoms with Crippen LogP contribution in [0.4, 0.5) is 0 Å². The largest absolute Gasteiger partial charge is 0.507 e. The second-order valence-electron chi connectivity index (χ2n) is 11.9. The molecule has 10 nitrogen and oxygen atoms in total. The summed E-state index contributed by atoms with van der Waals surface area (Å²) in [5.74, 6) is -4.19. The third kappa shape index (κ3) is 9.10. The van der Waals surface area contributed by atoms with Gasteiger partial charge in [0, 0.05) is 22.8 Å². The molecule has 0 bridgehead atoms. The first-order valence-corrected chi connectivity index (χ1v) is 16.8. The minimum Gasteiger partial charge on any atom is -0.507 e. The zero-order chi connectivity index (χ0) is 36.4. The number of aromatic carboxylic acids is 2. The predicted molar refractivity (Wildman–Crippen MR) is 193 cm³/mol. The lowest BCUT2D eigenvalue weighted by molar-refractivity contribution is 0.0649. The van der Waals surface area contributed by atoms with Gasteiger partial charge in [-0.05, 0) is 74.9 Å². The van der Waals surface area contributed by atoms with E-state index in [1.54, 1.807) is 30.4 Å². The van der Waals surface area contributed by atoms with E-state index in [-0.39, 0.29) is 44.4 Å². The molecule has 3 aromatic rings. The van der Waals surface area contributed by atoms with Gasteiger partial charge in [-0.2, -0.15) is 0 Å². The van der Waals surface area contributed by atoms with Crippen molar-refractivity contribution in [2.24, 2.45) is 0 Å². The van der Waals surface area contributed by atoms with Crippen molar-refractivity contribution in [3.63, 3.8) is 0 Å². The molecule has 11 heteroatoms. The summed E-state index contributed by atoms with van der Waals surface area (Å²) in [4.78, 5) is 50.0. The number of phenolic OH excluding ortho intramolecular Hbond substituents is 1. The number of aliphatic hydroxyl groups is 1. The highest BCUT2D eigenvalue weighted by atomic mass is 32.1. The number of rotatable bonds is 17. The van der Waals surface area contributed by atoms with Gasteiger partial charge in [0.05, 0.1) is 34.6 Å². The van der Waals surface area contributed by atoms with Crippen LogP contribution in [0.15, 0.2) is 69.9 Å². The van der Waals surface area contributed by atoms with E-state index in [2.05, 4.69) is 0 Å². The van der Waals surface area contributed by atoms with Crippen LogP contribution in [0.3, 0.4) is 0 Å². The number of aromatic hydroxyl groups is 1. The summed E-state index contributed by atoms with van der Waals surface area (Å²) in [6.45, 7) is 3.84. The van der Waals surface area contributed by atoms with E-state index in [0.29, 0.717) is 42.0 Å². The molecule has 0 saturated heterocycles. The Morgan fingerprint density at radius 1 is 1.06 bits per heavy atom. The number of carbonyl (C=O) groups excluding carboxylic acids is 1. The summed E-state index contributed by atoms with van der Waals surface area (Å²) >= 11 is 5.20. The number of aliphatic hydroxyl groups excluding tert-OH is 1. The van der Waals surface area contributed by atoms with Gasteiger partial charge in [0.15, 0.2) is 11.2 Å². The van der Waals surface area contributed by atoms with Gasteiger partial charge in [0.2, 0.25) is 5.76 Å². The topological polar surface area (TPSA) is 172 Å². The quantitative estimate of drug-likeness (QED) is 0.0581. The molecule has 1 aliphatic carbocycles. The van der Waals surface area contributed by atoms with Gasteiger partial charge in [-0.15, -0.1) is 0 Å². The molecule has 1 heterocycles. The number of unbranched alkanes of at least 4 members (excludes halogenated alkanes) is 3. The zero-order valence-corrected chi connectivity index (χ0v) is 28.7. The van der Waals surface area contributed by atoms with Crippen LogP contribution in [-0.2, 0) is 6.42 Å². The monoisotopic (exact) mass is 700 g/mol. The minimum atomic E-state index is -1.50. The fourth-order valence-corrected chi connectivity index (χ4v) is 5.97. The molecule has 0 saturated carbocycles. The third-order valence-corrected chi connectivity index (χ3v) is 8.60. The van der Waals surface area contributed by atoms with E-state index >= 15 is 0 Å². The molecule has 2 aromatic carbocycles. The maximum Gasteiger partial charge on any atom is 0.372 e. The van der Waals surface area contributed by atoms with Crippen molar-refractivity contribution in [2.45, 2.75) is 70.8 Å². The molecule has 1 aromatic heterocycles. The van der Waals surface area contributed by atoms with Crippen LogP contribution in [0.5, 0.6) is 11.5 Å². The van der Waals surface area contributed by atoms with E-state index in [0.717, 1.165) is 25.7 Å². The van der Waals surface area contributed by atoms with Gasteiger partial charge in [-0.1, -0.05) is 68.1 Å². The highest BCUT2D eigenvalue weighted by molar-refractivity contribution is 7.81. The summed E-state index contributed by atoms with van der Waals surface area (Å²) in [5, 5.41) is 41.7. The SMILES string of the molecule is CCCc1c(OCCCCC/C=C\C=C\[C@@H](c2c(C(=O)O)oc3c(c2=O)=CCC(=S)C=3)[C@@H](O)c2cccc(C(=O)O)c2)ccc(C(C)=O)c1O. The van der Waals surface area contributed by atoms with Crippen molar-refractivity contribution in [3.8, 4) is 11.5 Å². The van der Waals surface area contributed by atoms with Crippen molar-refractivity contribution >= 4 is 47.0 Å². The van der Waals surface area contributed by atoms with E-state index in [9.17, 15) is 39.6 Å². The Morgan fingerprint density at radius 2 is 1.84 bits per heavy atom. The Hall–Kier alpha value is -5.13. The number of hydrogen-bond donors (Lipinski definition) is 4. The van der Waals surface area contributed by atoms with E-state index in [1.807, 2.05) is 13.0 Å². The van der Waals surface area contributed by atoms with E-state index < -0.39 is 35.1 Å². The Kier molecular flexibility index (Phi) is 13.2. The van der Waals surface area contributed by atoms with Gasteiger partial charge in [0.25, 0.3) is 0 Å². The van der Waals surface area contributed by atoms with Crippen molar-refractivity contribution in [2.75, 3.05) is 6.61 Å². The summed E-state index contributed by atoms with van der Waals surface area (Å²) < 4.78 is 11.6. The highest BCUT2D eigenvalue weighted by Gasteiger charge is 2.31. The molecule has 0 spiro atoms. The number of thiocarbonyl (C=S) groups is 1. The number of carboxylic acids is 2. The number of ketones is 1. The molecular formula is C39H40O10S. The molecule has 1 aliphatic rings.